The highest BCUT2D eigenvalue weighted by atomic mass is 32.1. The zero-order valence-electron chi connectivity index (χ0n) is 8.51. The fraction of sp³-hybridized carbons (Fsp3) is 0.364. The highest BCUT2D eigenvalue weighted by Gasteiger charge is 2.20. The van der Waals surface area contributed by atoms with Crippen molar-refractivity contribution in [2.75, 3.05) is 5.75 Å². The molecule has 2 N–H and O–H groups in total. The van der Waals surface area contributed by atoms with Gasteiger partial charge in [0.2, 0.25) is 0 Å². The summed E-state index contributed by atoms with van der Waals surface area (Å²) >= 11 is 3.92. The molecule has 0 saturated heterocycles. The first kappa shape index (κ1) is 13.2. The Bertz CT molecular complexity index is 370. The maximum Gasteiger partial charge on any atom is 0.150 e. The third-order valence-corrected chi connectivity index (χ3v) is 2.54. The molecule has 2 atom stereocenters. The van der Waals surface area contributed by atoms with Gasteiger partial charge in [-0.05, 0) is 35.9 Å². The number of hydrogen-bond donors (Lipinski definition) is 3. The van der Waals surface area contributed by atoms with E-state index in [4.69, 9.17) is 0 Å². The second-order valence-electron chi connectivity index (χ2n) is 3.42. The van der Waals surface area contributed by atoms with E-state index in [1.807, 2.05) is 0 Å². The van der Waals surface area contributed by atoms with E-state index < -0.39 is 18.0 Å². The second-order valence-corrected chi connectivity index (χ2v) is 3.86. The summed E-state index contributed by atoms with van der Waals surface area (Å²) in [5.74, 6) is -0.165. The number of hydrogen-bond acceptors (Lipinski definition) is 4. The Kier molecular flexibility index (Phi) is 4.92. The molecule has 0 aliphatic carbocycles. The SMILES string of the molecule is O=Cc1ccc(F)cc1C(O)C(O)CCS. The van der Waals surface area contributed by atoms with Gasteiger partial charge in [0, 0.05) is 5.56 Å². The summed E-state index contributed by atoms with van der Waals surface area (Å²) in [4.78, 5) is 10.7. The topological polar surface area (TPSA) is 57.5 Å². The molecule has 0 saturated carbocycles. The van der Waals surface area contributed by atoms with Gasteiger partial charge in [-0.2, -0.15) is 12.6 Å². The number of carbonyl (C=O) groups excluding carboxylic acids is 1. The van der Waals surface area contributed by atoms with Gasteiger partial charge in [-0.3, -0.25) is 4.79 Å². The van der Waals surface area contributed by atoms with Crippen LogP contribution in [0.4, 0.5) is 4.39 Å². The lowest BCUT2D eigenvalue weighted by molar-refractivity contribution is 0.0167. The van der Waals surface area contributed by atoms with E-state index in [0.29, 0.717) is 12.0 Å². The average Bonchev–Trinajstić information content (AvgIpc) is 2.28. The molecule has 0 heterocycles. The van der Waals surface area contributed by atoms with Crippen LogP contribution in [0.3, 0.4) is 0 Å². The van der Waals surface area contributed by atoms with E-state index in [1.165, 1.54) is 6.07 Å². The van der Waals surface area contributed by atoms with Crippen LogP contribution in [0.1, 0.15) is 28.4 Å². The van der Waals surface area contributed by atoms with Gasteiger partial charge < -0.3 is 10.2 Å². The van der Waals surface area contributed by atoms with Gasteiger partial charge in [-0.1, -0.05) is 0 Å². The van der Waals surface area contributed by atoms with Crippen LogP contribution in [0.25, 0.3) is 0 Å². The van der Waals surface area contributed by atoms with Crippen LogP contribution < -0.4 is 0 Å². The van der Waals surface area contributed by atoms with Gasteiger partial charge in [0.15, 0.2) is 0 Å². The normalized spacial score (nSPS) is 14.5. The van der Waals surface area contributed by atoms with Crippen molar-refractivity contribution in [3.8, 4) is 0 Å². The maximum absolute atomic E-state index is 13.0. The first-order valence-corrected chi connectivity index (χ1v) is 5.45. The zero-order valence-corrected chi connectivity index (χ0v) is 9.40. The van der Waals surface area contributed by atoms with Gasteiger partial charge in [0.05, 0.1) is 6.10 Å². The lowest BCUT2D eigenvalue weighted by Crippen LogP contribution is -2.20. The minimum absolute atomic E-state index is 0.101. The van der Waals surface area contributed by atoms with E-state index in [-0.39, 0.29) is 17.5 Å². The van der Waals surface area contributed by atoms with Crippen molar-refractivity contribution >= 4 is 18.9 Å². The van der Waals surface area contributed by atoms with Crippen molar-refractivity contribution in [3.05, 3.63) is 35.1 Å². The fourth-order valence-corrected chi connectivity index (χ4v) is 1.67. The number of benzene rings is 1. The van der Waals surface area contributed by atoms with Crippen LogP contribution in [0, 0.1) is 5.82 Å². The molecule has 0 radical (unpaired) electrons. The number of aliphatic hydroxyl groups excluding tert-OH is 2. The first-order chi connectivity index (χ1) is 7.60. The Morgan fingerprint density at radius 2 is 2.12 bits per heavy atom. The predicted molar refractivity (Wildman–Crippen MR) is 61.2 cm³/mol. The minimum Gasteiger partial charge on any atom is -0.390 e. The highest BCUT2D eigenvalue weighted by Crippen LogP contribution is 2.23. The van der Waals surface area contributed by atoms with Gasteiger partial charge in [-0.25, -0.2) is 4.39 Å². The van der Waals surface area contributed by atoms with Gasteiger partial charge in [0.1, 0.15) is 18.2 Å². The lowest BCUT2D eigenvalue weighted by atomic mass is 9.98. The second kappa shape index (κ2) is 5.98. The number of thiol groups is 1. The molecule has 0 fully saturated rings. The fourth-order valence-electron chi connectivity index (χ4n) is 1.41. The number of aliphatic hydroxyl groups is 2. The van der Waals surface area contributed by atoms with E-state index in [9.17, 15) is 19.4 Å². The number of aldehydes is 1. The zero-order chi connectivity index (χ0) is 12.1. The van der Waals surface area contributed by atoms with Crippen molar-refractivity contribution in [1.29, 1.82) is 0 Å². The minimum atomic E-state index is -1.27. The van der Waals surface area contributed by atoms with Crippen LogP contribution in [0.5, 0.6) is 0 Å². The molecule has 2 unspecified atom stereocenters. The Labute approximate surface area is 98.3 Å². The van der Waals surface area contributed by atoms with Crippen LogP contribution in [-0.2, 0) is 0 Å². The Balaban J connectivity index is 3.00. The Morgan fingerprint density at radius 3 is 2.69 bits per heavy atom. The van der Waals surface area contributed by atoms with Crippen LogP contribution in [-0.4, -0.2) is 28.4 Å². The monoisotopic (exact) mass is 244 g/mol. The molecule has 0 spiro atoms. The molecule has 1 aromatic carbocycles. The van der Waals surface area contributed by atoms with Gasteiger partial charge in [-0.15, -0.1) is 0 Å². The molecular formula is C11H13FO3S. The smallest absolute Gasteiger partial charge is 0.150 e. The Morgan fingerprint density at radius 1 is 1.44 bits per heavy atom. The molecule has 1 rings (SSSR count). The first-order valence-electron chi connectivity index (χ1n) is 4.81. The van der Waals surface area contributed by atoms with Crippen molar-refractivity contribution in [2.45, 2.75) is 18.6 Å². The van der Waals surface area contributed by atoms with Crippen molar-refractivity contribution in [2.24, 2.45) is 0 Å². The molecule has 0 aliphatic heterocycles. The molecule has 0 aromatic heterocycles. The average molecular weight is 244 g/mol. The summed E-state index contributed by atoms with van der Waals surface area (Å²) < 4.78 is 13.0. The Hall–Kier alpha value is -0.910. The number of rotatable bonds is 5. The predicted octanol–water partition coefficient (Wildman–Crippen LogP) is 1.35. The summed E-state index contributed by atoms with van der Waals surface area (Å²) in [5.41, 5.74) is 0.274. The molecule has 0 bridgehead atoms. The third-order valence-electron chi connectivity index (χ3n) is 2.28. The third kappa shape index (κ3) is 3.04. The van der Waals surface area contributed by atoms with E-state index in [0.717, 1.165) is 12.1 Å². The van der Waals surface area contributed by atoms with Gasteiger partial charge >= 0.3 is 0 Å². The summed E-state index contributed by atoms with van der Waals surface area (Å²) in [5, 5.41) is 19.3. The summed E-state index contributed by atoms with van der Waals surface area (Å²) in [7, 11) is 0. The lowest BCUT2D eigenvalue weighted by Gasteiger charge is -2.18. The van der Waals surface area contributed by atoms with Crippen molar-refractivity contribution in [1.82, 2.24) is 0 Å². The van der Waals surface area contributed by atoms with Gasteiger partial charge in [0.25, 0.3) is 0 Å². The number of carbonyl (C=O) groups is 1. The van der Waals surface area contributed by atoms with Crippen molar-refractivity contribution in [3.63, 3.8) is 0 Å². The van der Waals surface area contributed by atoms with E-state index in [1.54, 1.807) is 0 Å². The maximum atomic E-state index is 13.0. The standard InChI is InChI=1S/C11H13FO3S/c12-8-2-1-7(6-13)9(5-8)11(15)10(14)3-4-16/h1-2,5-6,10-11,14-16H,3-4H2. The molecule has 3 nitrogen and oxygen atoms in total. The number of halogens is 1. The van der Waals surface area contributed by atoms with Crippen molar-refractivity contribution < 1.29 is 19.4 Å². The summed E-state index contributed by atoms with van der Waals surface area (Å²) in [6, 6.07) is 3.45. The quantitative estimate of drug-likeness (QED) is 0.541. The molecule has 0 aliphatic rings. The largest absolute Gasteiger partial charge is 0.390 e. The summed E-state index contributed by atoms with van der Waals surface area (Å²) in [6.45, 7) is 0. The van der Waals surface area contributed by atoms with E-state index in [2.05, 4.69) is 12.6 Å². The molecule has 1 aromatic rings. The highest BCUT2D eigenvalue weighted by molar-refractivity contribution is 7.80. The van der Waals surface area contributed by atoms with E-state index >= 15 is 0 Å². The van der Waals surface area contributed by atoms with Crippen LogP contribution in [0.15, 0.2) is 18.2 Å². The molecular weight excluding hydrogens is 231 g/mol. The molecule has 5 heteroatoms. The summed E-state index contributed by atoms with van der Waals surface area (Å²) in [6.07, 6.45) is -1.55. The van der Waals surface area contributed by atoms with Crippen LogP contribution in [0.2, 0.25) is 0 Å². The van der Waals surface area contributed by atoms with Crippen LogP contribution >= 0.6 is 12.6 Å². The molecule has 0 amide bonds. The molecule has 88 valence electrons. The molecule has 16 heavy (non-hydrogen) atoms.